The fourth-order valence-electron chi connectivity index (χ4n) is 1.45. The third-order valence-electron chi connectivity index (χ3n) is 2.33. The van der Waals surface area contributed by atoms with E-state index in [0.29, 0.717) is 17.3 Å². The van der Waals surface area contributed by atoms with Crippen LogP contribution in [0.2, 0.25) is 0 Å². The van der Waals surface area contributed by atoms with Gasteiger partial charge in [-0.2, -0.15) is 0 Å². The Hall–Kier alpha value is -2.83. The molecule has 1 aromatic heterocycles. The predicted octanol–water partition coefficient (Wildman–Crippen LogP) is 2.37. The van der Waals surface area contributed by atoms with Crippen molar-refractivity contribution in [1.82, 2.24) is 4.98 Å². The second-order valence-corrected chi connectivity index (χ2v) is 3.62. The van der Waals surface area contributed by atoms with Crippen LogP contribution in [0.3, 0.4) is 0 Å². The fraction of sp³-hybridized carbons (Fsp3) is 0.0833. The van der Waals surface area contributed by atoms with Crippen molar-refractivity contribution in [2.24, 2.45) is 0 Å². The normalized spacial score (nSPS) is 9.95. The maximum Gasteiger partial charge on any atom is 0.314 e. The molecule has 2 N–H and O–H groups in total. The summed E-state index contributed by atoms with van der Waals surface area (Å²) in [6.45, 7) is 0. The zero-order valence-corrected chi connectivity index (χ0v) is 10.1. The Balaban J connectivity index is 2.28. The SMILES string of the molecule is COc1ccc(Oc2ccc(N)cn2)cc1[N+](=O)[O-]. The molecule has 0 aliphatic heterocycles. The molecule has 1 aromatic carbocycles. The Labute approximate surface area is 108 Å². The van der Waals surface area contributed by atoms with E-state index in [0.717, 1.165) is 0 Å². The molecule has 0 aliphatic carbocycles. The standard InChI is InChI=1S/C12H11N3O4/c1-18-11-4-3-9(6-10(11)15(16)17)19-12-5-2-8(13)7-14-12/h2-7H,13H2,1H3. The number of pyridine rings is 1. The first kappa shape index (κ1) is 12.6. The van der Waals surface area contributed by atoms with Crippen molar-refractivity contribution in [1.29, 1.82) is 0 Å². The average molecular weight is 261 g/mol. The first-order valence-electron chi connectivity index (χ1n) is 5.32. The number of nitro benzene ring substituents is 1. The molecule has 2 aromatic rings. The van der Waals surface area contributed by atoms with Gasteiger partial charge >= 0.3 is 5.69 Å². The van der Waals surface area contributed by atoms with Crippen molar-refractivity contribution in [3.8, 4) is 17.4 Å². The summed E-state index contributed by atoms with van der Waals surface area (Å²) in [6.07, 6.45) is 1.44. The number of benzene rings is 1. The average Bonchev–Trinajstić information content (AvgIpc) is 2.41. The predicted molar refractivity (Wildman–Crippen MR) is 68.4 cm³/mol. The lowest BCUT2D eigenvalue weighted by atomic mass is 10.3. The van der Waals surface area contributed by atoms with Gasteiger partial charge in [-0.15, -0.1) is 0 Å². The number of hydrogen-bond donors (Lipinski definition) is 1. The molecule has 7 nitrogen and oxygen atoms in total. The lowest BCUT2D eigenvalue weighted by Crippen LogP contribution is -1.95. The van der Waals surface area contributed by atoms with E-state index in [1.54, 1.807) is 18.2 Å². The number of nitro groups is 1. The fourth-order valence-corrected chi connectivity index (χ4v) is 1.45. The summed E-state index contributed by atoms with van der Waals surface area (Å²) < 4.78 is 10.3. The van der Waals surface area contributed by atoms with E-state index in [2.05, 4.69) is 4.98 Å². The maximum atomic E-state index is 10.9. The Morgan fingerprint density at radius 2 is 2.11 bits per heavy atom. The van der Waals surface area contributed by atoms with Crippen LogP contribution in [0.15, 0.2) is 36.5 Å². The summed E-state index contributed by atoms with van der Waals surface area (Å²) in [6, 6.07) is 7.50. The molecular formula is C12H11N3O4. The number of nitrogen functional groups attached to an aromatic ring is 1. The van der Waals surface area contributed by atoms with Crippen LogP contribution in [0.4, 0.5) is 11.4 Å². The molecule has 7 heteroatoms. The number of ether oxygens (including phenoxy) is 2. The highest BCUT2D eigenvalue weighted by Gasteiger charge is 2.16. The number of anilines is 1. The van der Waals surface area contributed by atoms with Gasteiger partial charge in [0.05, 0.1) is 30.0 Å². The molecule has 0 saturated carbocycles. The van der Waals surface area contributed by atoms with Crippen molar-refractivity contribution in [2.45, 2.75) is 0 Å². The van der Waals surface area contributed by atoms with Gasteiger partial charge in [0.25, 0.3) is 0 Å². The van der Waals surface area contributed by atoms with Gasteiger partial charge in [-0.3, -0.25) is 10.1 Å². The van der Waals surface area contributed by atoms with E-state index in [1.165, 1.54) is 25.4 Å². The van der Waals surface area contributed by atoms with Crippen molar-refractivity contribution >= 4 is 11.4 Å². The van der Waals surface area contributed by atoms with E-state index >= 15 is 0 Å². The molecule has 1 heterocycles. The highest BCUT2D eigenvalue weighted by molar-refractivity contribution is 5.51. The molecule has 0 aliphatic rings. The van der Waals surface area contributed by atoms with Gasteiger partial charge in [0.2, 0.25) is 5.88 Å². The topological polar surface area (TPSA) is 101 Å². The van der Waals surface area contributed by atoms with Crippen LogP contribution in [0.5, 0.6) is 17.4 Å². The molecule has 98 valence electrons. The first-order valence-corrected chi connectivity index (χ1v) is 5.32. The zero-order valence-electron chi connectivity index (χ0n) is 10.1. The summed E-state index contributed by atoms with van der Waals surface area (Å²) in [5.41, 5.74) is 5.83. The minimum absolute atomic E-state index is 0.169. The lowest BCUT2D eigenvalue weighted by Gasteiger charge is -2.06. The zero-order chi connectivity index (χ0) is 13.8. The number of nitrogens with zero attached hydrogens (tertiary/aromatic N) is 2. The first-order chi connectivity index (χ1) is 9.10. The van der Waals surface area contributed by atoms with Crippen LogP contribution in [0.25, 0.3) is 0 Å². The van der Waals surface area contributed by atoms with Crippen molar-refractivity contribution in [2.75, 3.05) is 12.8 Å². The van der Waals surface area contributed by atoms with Crippen LogP contribution in [-0.2, 0) is 0 Å². The molecule has 0 atom stereocenters. The summed E-state index contributed by atoms with van der Waals surface area (Å²) in [5, 5.41) is 10.9. The Morgan fingerprint density at radius 1 is 1.32 bits per heavy atom. The number of hydrogen-bond acceptors (Lipinski definition) is 6. The summed E-state index contributed by atoms with van der Waals surface area (Å²) in [7, 11) is 1.37. The third-order valence-corrected chi connectivity index (χ3v) is 2.33. The molecule has 0 saturated heterocycles. The van der Waals surface area contributed by atoms with Crippen LogP contribution in [0, 0.1) is 10.1 Å². The van der Waals surface area contributed by atoms with Gasteiger partial charge < -0.3 is 15.2 Å². The van der Waals surface area contributed by atoms with E-state index in [1.807, 2.05) is 0 Å². The second-order valence-electron chi connectivity index (χ2n) is 3.62. The largest absolute Gasteiger partial charge is 0.490 e. The molecule has 2 rings (SSSR count). The van der Waals surface area contributed by atoms with E-state index < -0.39 is 4.92 Å². The molecule has 19 heavy (non-hydrogen) atoms. The number of aromatic nitrogens is 1. The quantitative estimate of drug-likeness (QED) is 0.669. The summed E-state index contributed by atoms with van der Waals surface area (Å²) >= 11 is 0. The smallest absolute Gasteiger partial charge is 0.314 e. The Kier molecular flexibility index (Phi) is 3.46. The molecule has 0 spiro atoms. The maximum absolute atomic E-state index is 10.9. The minimum Gasteiger partial charge on any atom is -0.490 e. The molecule has 0 unspecified atom stereocenters. The number of rotatable bonds is 4. The van der Waals surface area contributed by atoms with E-state index in [4.69, 9.17) is 15.2 Å². The third kappa shape index (κ3) is 2.89. The summed E-state index contributed by atoms with van der Waals surface area (Å²) in [5.74, 6) is 0.765. The molecule has 0 radical (unpaired) electrons. The van der Waals surface area contributed by atoms with Crippen LogP contribution in [-0.4, -0.2) is 17.0 Å². The Bertz CT molecular complexity index is 598. The molecular weight excluding hydrogens is 250 g/mol. The minimum atomic E-state index is -0.540. The van der Waals surface area contributed by atoms with E-state index in [9.17, 15) is 10.1 Å². The van der Waals surface area contributed by atoms with Gasteiger partial charge in [-0.1, -0.05) is 0 Å². The highest BCUT2D eigenvalue weighted by Crippen LogP contribution is 2.32. The van der Waals surface area contributed by atoms with Crippen molar-refractivity contribution < 1.29 is 14.4 Å². The Morgan fingerprint density at radius 3 is 2.68 bits per heavy atom. The molecule has 0 fully saturated rings. The van der Waals surface area contributed by atoms with E-state index in [-0.39, 0.29) is 11.4 Å². The lowest BCUT2D eigenvalue weighted by molar-refractivity contribution is -0.385. The highest BCUT2D eigenvalue weighted by atomic mass is 16.6. The number of nitrogens with two attached hydrogens (primary N) is 1. The van der Waals surface area contributed by atoms with Gasteiger partial charge in [-0.25, -0.2) is 4.98 Å². The van der Waals surface area contributed by atoms with Crippen molar-refractivity contribution in [3.63, 3.8) is 0 Å². The van der Waals surface area contributed by atoms with Gasteiger partial charge in [-0.05, 0) is 18.2 Å². The van der Waals surface area contributed by atoms with Crippen LogP contribution in [0.1, 0.15) is 0 Å². The van der Waals surface area contributed by atoms with Gasteiger partial charge in [0, 0.05) is 6.07 Å². The number of methoxy groups -OCH3 is 1. The monoisotopic (exact) mass is 261 g/mol. The molecule has 0 bridgehead atoms. The second kappa shape index (κ2) is 5.21. The van der Waals surface area contributed by atoms with Crippen LogP contribution >= 0.6 is 0 Å². The molecule has 0 amide bonds. The van der Waals surface area contributed by atoms with Crippen LogP contribution < -0.4 is 15.2 Å². The van der Waals surface area contributed by atoms with Crippen molar-refractivity contribution in [3.05, 3.63) is 46.6 Å². The summed E-state index contributed by atoms with van der Waals surface area (Å²) in [4.78, 5) is 14.3. The van der Waals surface area contributed by atoms with Gasteiger partial charge in [0.1, 0.15) is 5.75 Å². The van der Waals surface area contributed by atoms with Gasteiger partial charge in [0.15, 0.2) is 5.75 Å².